The minimum absolute atomic E-state index is 0.0233. The van der Waals surface area contributed by atoms with Crippen molar-refractivity contribution >= 4 is 41.8 Å². The van der Waals surface area contributed by atoms with Crippen LogP contribution in [0.3, 0.4) is 0 Å². The molecule has 0 heterocycles. The molecule has 0 atom stereocenters. The highest BCUT2D eigenvalue weighted by molar-refractivity contribution is 7.86. The molecule has 28 heavy (non-hydrogen) atoms. The molecule has 144 valence electrons. The van der Waals surface area contributed by atoms with Crippen LogP contribution in [0.4, 0.5) is 0 Å². The van der Waals surface area contributed by atoms with E-state index in [1.807, 2.05) is 0 Å². The summed E-state index contributed by atoms with van der Waals surface area (Å²) in [6.07, 6.45) is 0. The fourth-order valence-corrected chi connectivity index (χ4v) is 4.25. The van der Waals surface area contributed by atoms with Gasteiger partial charge in [-0.3, -0.25) is 9.11 Å². The van der Waals surface area contributed by atoms with Gasteiger partial charge in [0.05, 0.1) is 0 Å². The first-order valence-corrected chi connectivity index (χ1v) is 11.0. The molecule has 0 unspecified atom stereocenters. The summed E-state index contributed by atoms with van der Waals surface area (Å²) in [6, 6.07) is 24.2. The third kappa shape index (κ3) is 4.37. The first-order chi connectivity index (χ1) is 13.2. The first kappa shape index (κ1) is 20.0. The second-order valence-corrected chi connectivity index (χ2v) is 8.68. The van der Waals surface area contributed by atoms with Gasteiger partial charge in [0, 0.05) is 10.8 Å². The Hall–Kier alpha value is -2.78. The van der Waals surface area contributed by atoms with Gasteiger partial charge in [-0.05, 0) is 22.9 Å². The molecule has 4 aromatic carbocycles. The van der Waals surface area contributed by atoms with Crippen LogP contribution in [0.5, 0.6) is 0 Å². The molecule has 0 spiro atoms. The molecule has 0 fully saturated rings. The summed E-state index contributed by atoms with van der Waals surface area (Å²) in [6.45, 7) is 0. The van der Waals surface area contributed by atoms with Crippen LogP contribution in [0.15, 0.2) is 94.7 Å². The number of fused-ring (bicyclic) bond motifs is 2. The van der Waals surface area contributed by atoms with Crippen LogP contribution in [0, 0.1) is 0 Å². The van der Waals surface area contributed by atoms with Crippen molar-refractivity contribution in [1.82, 2.24) is 0 Å². The van der Waals surface area contributed by atoms with Gasteiger partial charge in [-0.1, -0.05) is 72.8 Å². The Morgan fingerprint density at radius 3 is 1.07 bits per heavy atom. The molecule has 2 N–H and O–H groups in total. The predicted molar refractivity (Wildman–Crippen MR) is 108 cm³/mol. The van der Waals surface area contributed by atoms with Crippen molar-refractivity contribution in [2.45, 2.75) is 9.79 Å². The summed E-state index contributed by atoms with van der Waals surface area (Å²) in [5.41, 5.74) is 0. The molecule has 0 bridgehead atoms. The van der Waals surface area contributed by atoms with Crippen LogP contribution in [-0.2, 0) is 20.2 Å². The van der Waals surface area contributed by atoms with E-state index in [1.165, 1.54) is 35.0 Å². The fraction of sp³-hybridized carbons (Fsp3) is 0. The van der Waals surface area contributed by atoms with Crippen LogP contribution in [0.1, 0.15) is 0 Å². The highest BCUT2D eigenvalue weighted by Crippen LogP contribution is 2.28. The van der Waals surface area contributed by atoms with Gasteiger partial charge in [0.1, 0.15) is 9.79 Å². The Bertz CT molecular complexity index is 1220. The predicted octanol–water partition coefficient (Wildman–Crippen LogP) is 4.17. The van der Waals surface area contributed by atoms with Gasteiger partial charge in [-0.15, -0.1) is 0 Å². The Balaban J connectivity index is 0.000000188. The van der Waals surface area contributed by atoms with Crippen molar-refractivity contribution in [2.75, 3.05) is 0 Å². The van der Waals surface area contributed by atoms with Crippen molar-refractivity contribution in [2.24, 2.45) is 0 Å². The maximum Gasteiger partial charge on any atom is 0.295 e. The van der Waals surface area contributed by atoms with Crippen molar-refractivity contribution in [1.29, 1.82) is 0 Å². The molecule has 0 radical (unpaired) electrons. The Morgan fingerprint density at radius 1 is 0.464 bits per heavy atom. The second-order valence-electron chi connectivity index (χ2n) is 5.90. The van der Waals surface area contributed by atoms with E-state index >= 15 is 0 Å². The van der Waals surface area contributed by atoms with Crippen LogP contribution in [0.2, 0.25) is 0 Å². The molecule has 0 aliphatic rings. The van der Waals surface area contributed by atoms with Gasteiger partial charge in [-0.25, -0.2) is 0 Å². The standard InChI is InChI=1S/C10H8O6S2.C10H8/c11-17(12,13)9-5-1-3-7-8(9)4-2-6-10(7)18(14,15)16;1-2-6-10-8-4-3-7-9(10)5-1/h1-6H,(H,11,12,13)(H,14,15,16);1-8H. The van der Waals surface area contributed by atoms with Crippen LogP contribution in [-0.4, -0.2) is 25.9 Å². The first-order valence-electron chi connectivity index (χ1n) is 8.08. The molecule has 4 rings (SSSR count). The molecule has 0 aliphatic heterocycles. The van der Waals surface area contributed by atoms with Crippen LogP contribution in [0.25, 0.3) is 21.5 Å². The van der Waals surface area contributed by atoms with Gasteiger partial charge in [0.15, 0.2) is 0 Å². The molecule has 0 aromatic heterocycles. The minimum Gasteiger partial charge on any atom is -0.282 e. The zero-order valence-electron chi connectivity index (χ0n) is 14.4. The van der Waals surface area contributed by atoms with E-state index in [4.69, 9.17) is 9.11 Å². The highest BCUT2D eigenvalue weighted by atomic mass is 32.2. The average molecular weight is 416 g/mol. The van der Waals surface area contributed by atoms with Gasteiger partial charge >= 0.3 is 0 Å². The zero-order valence-corrected chi connectivity index (χ0v) is 16.1. The van der Waals surface area contributed by atoms with Crippen molar-refractivity contribution < 1.29 is 25.9 Å². The molecule has 0 saturated heterocycles. The van der Waals surface area contributed by atoms with Crippen LogP contribution >= 0.6 is 0 Å². The molecular formula is C20H16O6S2. The fourth-order valence-electron chi connectivity index (χ4n) is 2.84. The lowest BCUT2D eigenvalue weighted by Crippen LogP contribution is -2.02. The van der Waals surface area contributed by atoms with Crippen molar-refractivity contribution in [3.05, 3.63) is 84.9 Å². The lowest BCUT2D eigenvalue weighted by Gasteiger charge is -2.06. The summed E-state index contributed by atoms with van der Waals surface area (Å²) >= 11 is 0. The SMILES string of the molecule is O=S(=O)(O)c1cccc2c(S(=O)(=O)O)cccc12.c1ccc2ccccc2c1. The summed E-state index contributed by atoms with van der Waals surface area (Å²) in [5.74, 6) is 0. The smallest absolute Gasteiger partial charge is 0.282 e. The van der Waals surface area contributed by atoms with E-state index in [9.17, 15) is 16.8 Å². The Labute approximate surface area is 162 Å². The van der Waals surface area contributed by atoms with Crippen LogP contribution < -0.4 is 0 Å². The third-order valence-electron chi connectivity index (χ3n) is 4.06. The topological polar surface area (TPSA) is 109 Å². The molecular weight excluding hydrogens is 400 g/mol. The van der Waals surface area contributed by atoms with E-state index < -0.39 is 30.0 Å². The normalized spacial score (nSPS) is 11.8. The van der Waals surface area contributed by atoms with E-state index in [2.05, 4.69) is 48.5 Å². The summed E-state index contributed by atoms with van der Waals surface area (Å²) in [7, 11) is -8.94. The monoisotopic (exact) mass is 416 g/mol. The lowest BCUT2D eigenvalue weighted by atomic mass is 10.1. The molecule has 0 amide bonds. The molecule has 6 nitrogen and oxygen atoms in total. The van der Waals surface area contributed by atoms with E-state index in [-0.39, 0.29) is 10.8 Å². The number of rotatable bonds is 2. The zero-order chi connectivity index (χ0) is 20.4. The maximum atomic E-state index is 11.2. The number of hydrogen-bond donors (Lipinski definition) is 2. The third-order valence-corrected chi connectivity index (χ3v) is 5.88. The molecule has 0 aliphatic carbocycles. The minimum atomic E-state index is -4.47. The van der Waals surface area contributed by atoms with E-state index in [1.54, 1.807) is 0 Å². The molecule has 4 aromatic rings. The lowest BCUT2D eigenvalue weighted by molar-refractivity contribution is 0.481. The number of benzene rings is 4. The van der Waals surface area contributed by atoms with Crippen molar-refractivity contribution in [3.63, 3.8) is 0 Å². The van der Waals surface area contributed by atoms with Crippen molar-refractivity contribution in [3.8, 4) is 0 Å². The Kier molecular flexibility index (Phi) is 5.48. The largest absolute Gasteiger partial charge is 0.295 e. The van der Waals surface area contributed by atoms with E-state index in [0.29, 0.717) is 0 Å². The average Bonchev–Trinajstić information content (AvgIpc) is 2.66. The highest BCUT2D eigenvalue weighted by Gasteiger charge is 2.18. The quantitative estimate of drug-likeness (QED) is 0.475. The van der Waals surface area contributed by atoms with Gasteiger partial charge in [0.2, 0.25) is 0 Å². The second kappa shape index (κ2) is 7.69. The van der Waals surface area contributed by atoms with Gasteiger partial charge in [-0.2, -0.15) is 16.8 Å². The maximum absolute atomic E-state index is 11.2. The summed E-state index contributed by atoms with van der Waals surface area (Å²) in [5, 5.41) is 2.67. The van der Waals surface area contributed by atoms with Gasteiger partial charge < -0.3 is 0 Å². The Morgan fingerprint density at radius 2 is 0.786 bits per heavy atom. The molecule has 8 heteroatoms. The summed E-state index contributed by atoms with van der Waals surface area (Å²) in [4.78, 5) is -0.823. The number of hydrogen-bond acceptors (Lipinski definition) is 4. The molecule has 0 saturated carbocycles. The van der Waals surface area contributed by atoms with E-state index in [0.717, 1.165) is 12.1 Å². The van der Waals surface area contributed by atoms with Gasteiger partial charge in [0.25, 0.3) is 20.2 Å². The summed E-state index contributed by atoms with van der Waals surface area (Å²) < 4.78 is 62.7.